The van der Waals surface area contributed by atoms with Crippen molar-refractivity contribution in [2.45, 2.75) is 31.5 Å². The van der Waals surface area contributed by atoms with E-state index in [9.17, 15) is 4.79 Å². The van der Waals surface area contributed by atoms with E-state index in [1.54, 1.807) is 11.6 Å². The molecule has 0 aliphatic rings. The molecule has 0 spiro atoms. The van der Waals surface area contributed by atoms with Crippen molar-refractivity contribution in [3.8, 4) is 5.75 Å². The van der Waals surface area contributed by atoms with E-state index in [4.69, 9.17) is 9.84 Å². The number of benzene rings is 1. The predicted octanol–water partition coefficient (Wildman–Crippen LogP) is 2.69. The number of rotatable bonds is 7. The zero-order chi connectivity index (χ0) is 16.1. The van der Waals surface area contributed by atoms with Crippen LogP contribution in [0.5, 0.6) is 5.75 Å². The van der Waals surface area contributed by atoms with Crippen LogP contribution in [0.25, 0.3) is 0 Å². The summed E-state index contributed by atoms with van der Waals surface area (Å²) in [5.41, 5.74) is 1.14. The summed E-state index contributed by atoms with van der Waals surface area (Å²) in [6.45, 7) is 4.52. The van der Waals surface area contributed by atoms with Crippen LogP contribution in [0.15, 0.2) is 29.4 Å². The number of aliphatic carboxylic acids is 1. The molecule has 118 valence electrons. The van der Waals surface area contributed by atoms with Gasteiger partial charge in [0.05, 0.1) is 5.75 Å². The number of carboxylic acid groups (broad SMARTS) is 1. The van der Waals surface area contributed by atoms with Crippen LogP contribution in [-0.4, -0.2) is 31.6 Å². The van der Waals surface area contributed by atoms with Crippen LogP contribution in [0, 0.1) is 0 Å². The number of aromatic nitrogens is 3. The van der Waals surface area contributed by atoms with Crippen LogP contribution >= 0.6 is 11.8 Å². The number of thioether (sulfide) groups is 1. The van der Waals surface area contributed by atoms with Crippen molar-refractivity contribution >= 4 is 17.7 Å². The maximum absolute atomic E-state index is 10.6. The summed E-state index contributed by atoms with van der Waals surface area (Å²) in [4.78, 5) is 10.6. The van der Waals surface area contributed by atoms with Crippen molar-refractivity contribution in [2.75, 3.05) is 5.75 Å². The highest BCUT2D eigenvalue weighted by atomic mass is 32.2. The highest BCUT2D eigenvalue weighted by Gasteiger charge is 2.13. The number of para-hydroxylation sites is 1. The Morgan fingerprint density at radius 3 is 2.77 bits per heavy atom. The Morgan fingerprint density at radius 1 is 1.36 bits per heavy atom. The first-order valence-electron chi connectivity index (χ1n) is 6.93. The number of hydrogen-bond donors (Lipinski definition) is 1. The van der Waals surface area contributed by atoms with Gasteiger partial charge >= 0.3 is 5.97 Å². The molecule has 0 aliphatic heterocycles. The molecule has 0 amide bonds. The Kier molecular flexibility index (Phi) is 5.43. The van der Waals surface area contributed by atoms with Crippen molar-refractivity contribution in [3.63, 3.8) is 0 Å². The van der Waals surface area contributed by atoms with Crippen LogP contribution in [0.1, 0.15) is 31.2 Å². The topological polar surface area (TPSA) is 77.2 Å². The number of ether oxygens (including phenoxy) is 1. The summed E-state index contributed by atoms with van der Waals surface area (Å²) in [6.07, 6.45) is 0. The Morgan fingerprint density at radius 2 is 2.09 bits per heavy atom. The van der Waals surface area contributed by atoms with E-state index in [1.807, 2.05) is 24.3 Å². The Labute approximate surface area is 133 Å². The summed E-state index contributed by atoms with van der Waals surface area (Å²) >= 11 is 1.14. The molecule has 0 bridgehead atoms. The van der Waals surface area contributed by atoms with Crippen LogP contribution < -0.4 is 4.74 Å². The Hall–Kier alpha value is -2.02. The molecule has 0 saturated heterocycles. The normalized spacial score (nSPS) is 10.9. The minimum absolute atomic E-state index is 0.0387. The lowest BCUT2D eigenvalue weighted by atomic mass is 10.0. The van der Waals surface area contributed by atoms with Gasteiger partial charge in [-0.1, -0.05) is 43.8 Å². The molecule has 0 unspecified atom stereocenters. The molecule has 0 saturated carbocycles. The number of carboxylic acids is 1. The third-order valence-electron chi connectivity index (χ3n) is 3.15. The fraction of sp³-hybridized carbons (Fsp3) is 0.400. The fourth-order valence-corrected chi connectivity index (χ4v) is 2.60. The van der Waals surface area contributed by atoms with Crippen LogP contribution in [0.2, 0.25) is 0 Å². The molecule has 6 nitrogen and oxygen atoms in total. The molecule has 1 heterocycles. The van der Waals surface area contributed by atoms with Crippen LogP contribution in [-0.2, 0) is 18.4 Å². The standard InChI is InChI=1S/C15H19N3O3S/c1-10(2)11-6-4-5-7-12(11)21-8-13-16-17-15(18(13)3)22-9-14(19)20/h4-7,10H,8-9H2,1-3H3,(H,19,20). The van der Waals surface area contributed by atoms with Gasteiger partial charge in [0.25, 0.3) is 0 Å². The molecule has 0 aliphatic carbocycles. The van der Waals surface area contributed by atoms with Gasteiger partial charge in [-0.15, -0.1) is 10.2 Å². The minimum atomic E-state index is -0.878. The SMILES string of the molecule is CC(C)c1ccccc1OCc1nnc(SCC(=O)O)n1C. The lowest BCUT2D eigenvalue weighted by molar-refractivity contribution is -0.133. The number of carbonyl (C=O) groups is 1. The summed E-state index contributed by atoms with van der Waals surface area (Å²) in [7, 11) is 1.80. The Bertz CT molecular complexity index is 655. The van der Waals surface area contributed by atoms with E-state index in [1.165, 1.54) is 0 Å². The third kappa shape index (κ3) is 4.00. The first-order chi connectivity index (χ1) is 10.5. The van der Waals surface area contributed by atoms with Crippen molar-refractivity contribution in [3.05, 3.63) is 35.7 Å². The minimum Gasteiger partial charge on any atom is -0.485 e. The molecule has 0 atom stereocenters. The summed E-state index contributed by atoms with van der Waals surface area (Å²) < 4.78 is 7.61. The van der Waals surface area contributed by atoms with Gasteiger partial charge in [0.15, 0.2) is 11.0 Å². The van der Waals surface area contributed by atoms with Crippen molar-refractivity contribution in [2.24, 2.45) is 7.05 Å². The van der Waals surface area contributed by atoms with Crippen molar-refractivity contribution in [1.82, 2.24) is 14.8 Å². The van der Waals surface area contributed by atoms with E-state index in [0.29, 0.717) is 23.5 Å². The van der Waals surface area contributed by atoms with E-state index in [-0.39, 0.29) is 5.75 Å². The fourth-order valence-electron chi connectivity index (χ4n) is 1.95. The van der Waals surface area contributed by atoms with Gasteiger partial charge in [0.1, 0.15) is 12.4 Å². The van der Waals surface area contributed by atoms with Gasteiger partial charge in [0, 0.05) is 7.05 Å². The van der Waals surface area contributed by atoms with Crippen LogP contribution in [0.4, 0.5) is 0 Å². The molecule has 7 heteroatoms. The van der Waals surface area contributed by atoms with Crippen molar-refractivity contribution < 1.29 is 14.6 Å². The second-order valence-electron chi connectivity index (χ2n) is 5.12. The molecule has 0 radical (unpaired) electrons. The molecule has 1 N–H and O–H groups in total. The van der Waals surface area contributed by atoms with E-state index < -0.39 is 5.97 Å². The molecular weight excluding hydrogens is 302 g/mol. The molecular formula is C15H19N3O3S. The average Bonchev–Trinajstić information content (AvgIpc) is 2.83. The van der Waals surface area contributed by atoms with E-state index in [0.717, 1.165) is 23.1 Å². The lowest BCUT2D eigenvalue weighted by Crippen LogP contribution is -2.06. The number of hydrogen-bond acceptors (Lipinski definition) is 5. The predicted molar refractivity (Wildman–Crippen MR) is 84.2 cm³/mol. The molecule has 2 aromatic rings. The van der Waals surface area contributed by atoms with E-state index in [2.05, 4.69) is 24.0 Å². The smallest absolute Gasteiger partial charge is 0.313 e. The quantitative estimate of drug-likeness (QED) is 0.790. The van der Waals surface area contributed by atoms with Gasteiger partial charge in [-0.2, -0.15) is 0 Å². The lowest BCUT2D eigenvalue weighted by Gasteiger charge is -2.13. The van der Waals surface area contributed by atoms with E-state index >= 15 is 0 Å². The molecule has 1 aromatic carbocycles. The maximum Gasteiger partial charge on any atom is 0.313 e. The van der Waals surface area contributed by atoms with Crippen molar-refractivity contribution in [1.29, 1.82) is 0 Å². The summed E-state index contributed by atoms with van der Waals surface area (Å²) in [5, 5.41) is 17.3. The second kappa shape index (κ2) is 7.31. The molecule has 2 rings (SSSR count). The van der Waals surface area contributed by atoms with Gasteiger partial charge in [-0.25, -0.2) is 0 Å². The zero-order valence-electron chi connectivity index (χ0n) is 12.8. The van der Waals surface area contributed by atoms with Crippen LogP contribution in [0.3, 0.4) is 0 Å². The molecule has 0 fully saturated rings. The average molecular weight is 321 g/mol. The number of nitrogens with zero attached hydrogens (tertiary/aromatic N) is 3. The van der Waals surface area contributed by atoms with Gasteiger partial charge in [-0.05, 0) is 17.5 Å². The first kappa shape index (κ1) is 16.4. The molecule has 1 aromatic heterocycles. The largest absolute Gasteiger partial charge is 0.485 e. The Balaban J connectivity index is 2.05. The highest BCUT2D eigenvalue weighted by molar-refractivity contribution is 7.99. The zero-order valence-corrected chi connectivity index (χ0v) is 13.6. The summed E-state index contributed by atoms with van der Waals surface area (Å²) in [5.74, 6) is 0.948. The third-order valence-corrected chi connectivity index (χ3v) is 4.15. The highest BCUT2D eigenvalue weighted by Crippen LogP contribution is 2.26. The monoisotopic (exact) mass is 321 g/mol. The summed E-state index contributed by atoms with van der Waals surface area (Å²) in [6, 6.07) is 7.91. The van der Waals surface area contributed by atoms with Gasteiger partial charge in [-0.3, -0.25) is 4.79 Å². The van der Waals surface area contributed by atoms with Gasteiger partial charge < -0.3 is 14.4 Å². The second-order valence-corrected chi connectivity index (χ2v) is 6.06. The maximum atomic E-state index is 10.6. The molecule has 22 heavy (non-hydrogen) atoms. The van der Waals surface area contributed by atoms with Gasteiger partial charge in [0.2, 0.25) is 0 Å². The first-order valence-corrected chi connectivity index (χ1v) is 7.92.